The van der Waals surface area contributed by atoms with Gasteiger partial charge in [-0.3, -0.25) is 9.80 Å². The van der Waals surface area contributed by atoms with E-state index in [1.807, 2.05) is 24.3 Å². The second-order valence-electron chi connectivity index (χ2n) is 5.48. The van der Waals surface area contributed by atoms with Crippen molar-refractivity contribution < 1.29 is 9.59 Å². The van der Waals surface area contributed by atoms with Gasteiger partial charge in [0.2, 0.25) is 0 Å². The quantitative estimate of drug-likeness (QED) is 0.636. The van der Waals surface area contributed by atoms with E-state index in [0.717, 1.165) is 20.9 Å². The summed E-state index contributed by atoms with van der Waals surface area (Å²) < 4.78 is 0. The third-order valence-electron chi connectivity index (χ3n) is 3.50. The minimum atomic E-state index is -0.523. The van der Waals surface area contributed by atoms with E-state index in [1.165, 1.54) is 0 Å². The molecule has 0 atom stereocenters. The third-order valence-corrected chi connectivity index (χ3v) is 3.50. The number of benzene rings is 1. The van der Waals surface area contributed by atoms with Crippen LogP contribution in [0.2, 0.25) is 0 Å². The van der Waals surface area contributed by atoms with Gasteiger partial charge in [0.25, 0.3) is 0 Å². The molecule has 1 aromatic rings. The van der Waals surface area contributed by atoms with Gasteiger partial charge < -0.3 is 10.6 Å². The molecule has 0 aromatic heterocycles. The molecule has 0 aliphatic carbocycles. The van der Waals surface area contributed by atoms with Gasteiger partial charge in [0, 0.05) is 13.1 Å². The molecule has 0 radical (unpaired) electrons. The molecule has 0 aliphatic rings. The number of amides is 4. The molecule has 142 valence electrons. The van der Waals surface area contributed by atoms with Crippen molar-refractivity contribution in [3.63, 3.8) is 0 Å². The smallest absolute Gasteiger partial charge is 0.319 e. The van der Waals surface area contributed by atoms with Crippen LogP contribution in [0.25, 0.3) is 0 Å². The van der Waals surface area contributed by atoms with Crippen molar-refractivity contribution in [2.45, 2.75) is 13.1 Å². The molecule has 1 aromatic carbocycles. The predicted octanol–water partition coefficient (Wildman–Crippen LogP) is 0.804. The van der Waals surface area contributed by atoms with E-state index in [9.17, 15) is 9.59 Å². The molecule has 0 saturated heterocycles. The van der Waals surface area contributed by atoms with E-state index in [2.05, 4.69) is 10.6 Å². The monoisotopic (exact) mass is 378 g/mol. The van der Waals surface area contributed by atoms with E-state index in [1.54, 1.807) is 24.3 Å². The average molecular weight is 378 g/mol. The molecule has 10 nitrogen and oxygen atoms in total. The minimum Gasteiger partial charge on any atom is -0.334 e. The summed E-state index contributed by atoms with van der Waals surface area (Å²) in [4.78, 5) is 26.2. The molecular formula is C18H18N8O2. The van der Waals surface area contributed by atoms with Crippen LogP contribution in [0.1, 0.15) is 11.1 Å². The second-order valence-corrected chi connectivity index (χ2v) is 5.48. The van der Waals surface area contributed by atoms with Crippen LogP contribution in [0.4, 0.5) is 9.59 Å². The van der Waals surface area contributed by atoms with Crippen LogP contribution in [0.5, 0.6) is 0 Å². The fourth-order valence-corrected chi connectivity index (χ4v) is 2.17. The van der Waals surface area contributed by atoms with Crippen molar-refractivity contribution in [3.05, 3.63) is 35.4 Å². The van der Waals surface area contributed by atoms with Crippen molar-refractivity contribution >= 4 is 12.1 Å². The number of rotatable bonds is 8. The summed E-state index contributed by atoms with van der Waals surface area (Å²) in [6.45, 7) is -0.382. The Labute approximate surface area is 162 Å². The van der Waals surface area contributed by atoms with Gasteiger partial charge in [0.15, 0.2) is 0 Å². The van der Waals surface area contributed by atoms with Gasteiger partial charge in [-0.05, 0) is 11.1 Å². The third kappa shape index (κ3) is 7.31. The lowest BCUT2D eigenvalue weighted by molar-refractivity contribution is 0.208. The molecule has 0 fully saturated rings. The number of carbonyl (C=O) groups excluding carboxylic acids is 2. The Morgan fingerprint density at radius 3 is 1.43 bits per heavy atom. The maximum atomic E-state index is 12.0. The van der Waals surface area contributed by atoms with Crippen LogP contribution in [-0.2, 0) is 13.1 Å². The average Bonchev–Trinajstić information content (AvgIpc) is 2.70. The number of nitrogens with zero attached hydrogens (tertiary/aromatic N) is 6. The molecule has 4 amide bonds. The van der Waals surface area contributed by atoms with Crippen molar-refractivity contribution in [3.8, 4) is 24.3 Å². The fraction of sp³-hybridized carbons (Fsp3) is 0.333. The van der Waals surface area contributed by atoms with E-state index >= 15 is 0 Å². The van der Waals surface area contributed by atoms with E-state index in [0.29, 0.717) is 0 Å². The largest absolute Gasteiger partial charge is 0.334 e. The maximum absolute atomic E-state index is 12.0. The summed E-state index contributed by atoms with van der Waals surface area (Å²) in [5.74, 6) is 0. The Morgan fingerprint density at radius 1 is 0.750 bits per heavy atom. The van der Waals surface area contributed by atoms with Gasteiger partial charge in [-0.15, -0.1) is 0 Å². The standard InChI is InChI=1S/C18H18N8O2/c19-4-8-25(9-5-20)17(27)23-13-15-2-1-3-16(12-15)14-24-18(28)26(10-6-21)11-7-22/h1-3,12H,8-11,13-14H2,(H,23,27)(H,24,28). The van der Waals surface area contributed by atoms with Crippen molar-refractivity contribution in [2.75, 3.05) is 26.2 Å². The molecular weight excluding hydrogens is 360 g/mol. The predicted molar refractivity (Wildman–Crippen MR) is 96.5 cm³/mol. The first-order valence-corrected chi connectivity index (χ1v) is 8.16. The maximum Gasteiger partial charge on any atom is 0.319 e. The van der Waals surface area contributed by atoms with Gasteiger partial charge >= 0.3 is 12.1 Å². The molecule has 0 unspecified atom stereocenters. The lowest BCUT2D eigenvalue weighted by atomic mass is 10.1. The molecule has 0 aliphatic heterocycles. The van der Waals surface area contributed by atoms with Crippen LogP contribution in [0.15, 0.2) is 24.3 Å². The van der Waals surface area contributed by atoms with Gasteiger partial charge in [-0.2, -0.15) is 21.0 Å². The van der Waals surface area contributed by atoms with E-state index in [-0.39, 0.29) is 39.3 Å². The minimum absolute atomic E-state index is 0.183. The van der Waals surface area contributed by atoms with Gasteiger partial charge in [-0.1, -0.05) is 24.3 Å². The zero-order chi connectivity index (χ0) is 20.8. The Hall–Kier alpha value is -4.28. The number of nitrogens with one attached hydrogen (secondary N) is 2. The highest BCUT2D eigenvalue weighted by atomic mass is 16.2. The van der Waals surface area contributed by atoms with Crippen molar-refractivity contribution in [1.82, 2.24) is 20.4 Å². The summed E-state index contributed by atoms with van der Waals surface area (Å²) >= 11 is 0. The highest BCUT2D eigenvalue weighted by Gasteiger charge is 2.13. The summed E-state index contributed by atoms with van der Waals surface area (Å²) in [6, 6.07) is 13.3. The van der Waals surface area contributed by atoms with Crippen molar-refractivity contribution in [1.29, 1.82) is 21.0 Å². The summed E-state index contributed by atoms with van der Waals surface area (Å²) in [6.07, 6.45) is 0. The lowest BCUT2D eigenvalue weighted by Crippen LogP contribution is -2.40. The summed E-state index contributed by atoms with van der Waals surface area (Å²) in [5.41, 5.74) is 1.53. The molecule has 0 spiro atoms. The topological polar surface area (TPSA) is 160 Å². The van der Waals surface area contributed by atoms with E-state index < -0.39 is 12.1 Å². The first-order chi connectivity index (χ1) is 13.5. The van der Waals surface area contributed by atoms with Crippen LogP contribution < -0.4 is 10.6 Å². The lowest BCUT2D eigenvalue weighted by Gasteiger charge is -2.17. The highest BCUT2D eigenvalue weighted by Crippen LogP contribution is 2.06. The number of urea groups is 2. The Balaban J connectivity index is 2.62. The number of nitriles is 4. The van der Waals surface area contributed by atoms with Crippen LogP contribution >= 0.6 is 0 Å². The molecule has 0 saturated carbocycles. The van der Waals surface area contributed by atoms with E-state index in [4.69, 9.17) is 21.0 Å². The first kappa shape index (κ1) is 21.8. The van der Waals surface area contributed by atoms with Gasteiger partial charge in [-0.25, -0.2) is 9.59 Å². The van der Waals surface area contributed by atoms with Gasteiger partial charge in [0.05, 0.1) is 24.3 Å². The summed E-state index contributed by atoms with van der Waals surface area (Å²) in [5, 5.41) is 40.0. The Morgan fingerprint density at radius 2 is 1.11 bits per heavy atom. The zero-order valence-electron chi connectivity index (χ0n) is 15.1. The normalized spacial score (nSPS) is 9.00. The molecule has 0 heterocycles. The second kappa shape index (κ2) is 12.1. The Kier molecular flexibility index (Phi) is 9.43. The first-order valence-electron chi connectivity index (χ1n) is 8.16. The highest BCUT2D eigenvalue weighted by molar-refractivity contribution is 5.75. The SMILES string of the molecule is N#CCN(CC#N)C(=O)NCc1cccc(CNC(=O)N(CC#N)CC#N)c1. The molecule has 2 N–H and O–H groups in total. The van der Waals surface area contributed by atoms with Crippen LogP contribution in [0, 0.1) is 45.3 Å². The molecule has 1 rings (SSSR count). The Bertz CT molecular complexity index is 757. The van der Waals surface area contributed by atoms with Crippen molar-refractivity contribution in [2.24, 2.45) is 0 Å². The zero-order valence-corrected chi connectivity index (χ0v) is 15.1. The molecule has 28 heavy (non-hydrogen) atoms. The van der Waals surface area contributed by atoms with Crippen LogP contribution in [-0.4, -0.2) is 48.0 Å². The number of carbonyl (C=O) groups is 2. The van der Waals surface area contributed by atoms with Crippen LogP contribution in [0.3, 0.4) is 0 Å². The molecule has 10 heteroatoms. The fourth-order valence-electron chi connectivity index (χ4n) is 2.17. The summed E-state index contributed by atoms with van der Waals surface area (Å²) in [7, 11) is 0. The number of hydrogen-bond donors (Lipinski definition) is 2. The number of hydrogen-bond acceptors (Lipinski definition) is 6. The van der Waals surface area contributed by atoms with Gasteiger partial charge in [0.1, 0.15) is 26.2 Å². The molecule has 0 bridgehead atoms.